The van der Waals surface area contributed by atoms with Gasteiger partial charge in [0.05, 0.1) is 5.56 Å². The van der Waals surface area contributed by atoms with Gasteiger partial charge in [-0.3, -0.25) is 4.39 Å². The fraction of sp³-hybridized carbons (Fsp3) is 0.293. The first kappa shape index (κ1) is 39.4. The van der Waals surface area contributed by atoms with Crippen LogP contribution in [0.5, 0.6) is 0 Å². The molecule has 0 aliphatic carbocycles. The van der Waals surface area contributed by atoms with Crippen LogP contribution in [0.1, 0.15) is 67.0 Å². The molecule has 3 nitrogen and oxygen atoms in total. The largest absolute Gasteiger partial charge is 0.417 e. The van der Waals surface area contributed by atoms with Crippen molar-refractivity contribution in [2.75, 3.05) is 36.0 Å². The molecule has 0 bridgehead atoms. The van der Waals surface area contributed by atoms with Gasteiger partial charge in [-0.1, -0.05) is 60.2 Å². The van der Waals surface area contributed by atoms with Gasteiger partial charge in [0.25, 0.3) is 0 Å². The van der Waals surface area contributed by atoms with Gasteiger partial charge in [-0.05, 0) is 93.8 Å². The Bertz CT molecular complexity index is 1710. The number of alkyl halides is 3. The van der Waals surface area contributed by atoms with Gasteiger partial charge in [-0.25, -0.2) is 0 Å². The maximum Gasteiger partial charge on any atom is 0.417 e. The van der Waals surface area contributed by atoms with E-state index < -0.39 is 17.6 Å². The number of aryl methyl sites for hydroxylation is 2. The minimum atomic E-state index is -4.40. The van der Waals surface area contributed by atoms with Gasteiger partial charge in [0.15, 0.2) is 0 Å². The number of benzene rings is 4. The first-order chi connectivity index (χ1) is 23.0. The van der Waals surface area contributed by atoms with E-state index in [4.69, 9.17) is 0 Å². The third kappa shape index (κ3) is 10.3. The van der Waals surface area contributed by atoms with Crippen LogP contribution in [-0.2, 0) is 26.3 Å². The van der Waals surface area contributed by atoms with Gasteiger partial charge in [-0.2, -0.15) is 13.2 Å². The van der Waals surface area contributed by atoms with Gasteiger partial charge in [-0.15, -0.1) is 29.8 Å². The van der Waals surface area contributed by atoms with Crippen LogP contribution < -0.4 is 9.80 Å². The topological polar surface area (TPSA) is 19.4 Å². The summed E-state index contributed by atoms with van der Waals surface area (Å²) in [4.78, 5) is 8.48. The van der Waals surface area contributed by atoms with Crippen LogP contribution in [0.2, 0.25) is 0 Å². The third-order valence-corrected chi connectivity index (χ3v) is 8.60. The molecule has 1 aromatic heterocycles. The van der Waals surface area contributed by atoms with Crippen LogP contribution in [0.25, 0.3) is 11.3 Å². The Morgan fingerprint density at radius 3 is 1.71 bits per heavy atom. The van der Waals surface area contributed by atoms with Crippen LogP contribution in [0, 0.1) is 25.7 Å². The summed E-state index contributed by atoms with van der Waals surface area (Å²) in [5.41, 5.74) is 9.28. The average Bonchev–Trinajstić information content (AvgIpc) is 3.09. The molecule has 1 unspecified atom stereocenters. The van der Waals surface area contributed by atoms with E-state index in [2.05, 4.69) is 129 Å². The standard InChI is InChI=1S/C29H38N2.C12H6F4N.Ir/c1-7-30(8-2)26-17-15-25(16-18-26)29(24-13-11-22(5)12-14-24)28-20-19-27(21-23(28)6)31(9-3)10-4;13-10-4-1-8(2-5-10)11-6-3-9(7-17-11)12(14,15)16;/h11-21,29H,7-10H2,1-6H3;1,3-7H;/q;-1;. The van der Waals surface area contributed by atoms with Crippen LogP contribution in [0.4, 0.5) is 28.9 Å². The van der Waals surface area contributed by atoms with Crippen LogP contribution >= 0.6 is 0 Å². The summed E-state index contributed by atoms with van der Waals surface area (Å²) < 4.78 is 49.5. The Balaban J connectivity index is 0.000000305. The van der Waals surface area contributed by atoms with E-state index in [-0.39, 0.29) is 26.0 Å². The molecule has 1 heterocycles. The Labute approximate surface area is 302 Å². The third-order valence-electron chi connectivity index (χ3n) is 8.60. The first-order valence-corrected chi connectivity index (χ1v) is 16.5. The van der Waals surface area contributed by atoms with Gasteiger partial charge < -0.3 is 14.8 Å². The number of rotatable bonds is 10. The van der Waals surface area contributed by atoms with E-state index in [9.17, 15) is 17.6 Å². The van der Waals surface area contributed by atoms with E-state index in [0.29, 0.717) is 11.3 Å². The summed E-state index contributed by atoms with van der Waals surface area (Å²) in [5, 5.41) is 0. The molecule has 0 fully saturated rings. The summed E-state index contributed by atoms with van der Waals surface area (Å²) in [6.45, 7) is 17.4. The Morgan fingerprint density at radius 2 is 1.24 bits per heavy atom. The van der Waals surface area contributed by atoms with Crippen molar-refractivity contribution >= 4 is 11.4 Å². The number of pyridine rings is 1. The van der Waals surface area contributed by atoms with Crippen molar-refractivity contribution in [3.63, 3.8) is 0 Å². The van der Waals surface area contributed by atoms with E-state index in [1.807, 2.05) is 0 Å². The molecule has 5 rings (SSSR count). The molecule has 49 heavy (non-hydrogen) atoms. The molecule has 4 aromatic carbocycles. The SMILES string of the molecule is CCN(CC)c1ccc(C(c2ccc(C)cc2)c2ccc(N(CC)CC)cc2C)cc1.Fc1c[c-]c(-c2ccc(C(F)(F)F)cn2)cc1.[Ir]. The molecule has 0 spiro atoms. The summed E-state index contributed by atoms with van der Waals surface area (Å²) >= 11 is 0. The summed E-state index contributed by atoms with van der Waals surface area (Å²) in [7, 11) is 0. The maximum absolute atomic E-state index is 12.6. The minimum absolute atomic E-state index is 0. The van der Waals surface area contributed by atoms with Gasteiger partial charge in [0.2, 0.25) is 0 Å². The van der Waals surface area contributed by atoms with Gasteiger partial charge in [0, 0.05) is 75.6 Å². The summed E-state index contributed by atoms with van der Waals surface area (Å²) in [6, 6.07) is 33.7. The molecule has 1 radical (unpaired) electrons. The smallest absolute Gasteiger partial charge is 0.372 e. The second kappa shape index (κ2) is 18.1. The van der Waals surface area contributed by atoms with Crippen molar-refractivity contribution in [1.29, 1.82) is 0 Å². The minimum Gasteiger partial charge on any atom is -0.372 e. The van der Waals surface area contributed by atoms with Crippen molar-refractivity contribution in [3.8, 4) is 11.3 Å². The van der Waals surface area contributed by atoms with E-state index in [1.165, 1.54) is 57.4 Å². The molecule has 0 aliphatic rings. The molecule has 8 heteroatoms. The van der Waals surface area contributed by atoms with Crippen molar-refractivity contribution in [2.24, 2.45) is 0 Å². The predicted molar refractivity (Wildman–Crippen MR) is 190 cm³/mol. The second-order valence-corrected chi connectivity index (χ2v) is 11.7. The van der Waals surface area contributed by atoms with Crippen LogP contribution in [-0.4, -0.2) is 31.2 Å². The van der Waals surface area contributed by atoms with Crippen LogP contribution in [0.15, 0.2) is 103 Å². The zero-order valence-electron chi connectivity index (χ0n) is 28.9. The van der Waals surface area contributed by atoms with E-state index in [1.54, 1.807) is 0 Å². The quantitative estimate of drug-likeness (QED) is 0.0793. The number of anilines is 2. The molecule has 0 aliphatic heterocycles. The van der Waals surface area contributed by atoms with Crippen molar-refractivity contribution in [2.45, 2.75) is 53.6 Å². The molecule has 0 saturated heterocycles. The van der Waals surface area contributed by atoms with Crippen LogP contribution in [0.3, 0.4) is 0 Å². The number of hydrogen-bond donors (Lipinski definition) is 0. The number of nitrogens with zero attached hydrogens (tertiary/aromatic N) is 3. The molecule has 1 atom stereocenters. The van der Waals surface area contributed by atoms with Gasteiger partial charge >= 0.3 is 6.18 Å². The fourth-order valence-electron chi connectivity index (χ4n) is 5.83. The average molecular weight is 847 g/mol. The molecule has 0 N–H and O–H groups in total. The predicted octanol–water partition coefficient (Wildman–Crippen LogP) is 10.9. The first-order valence-electron chi connectivity index (χ1n) is 16.5. The molecule has 0 saturated carbocycles. The number of aromatic nitrogens is 1. The molecule has 0 amide bonds. The fourth-order valence-corrected chi connectivity index (χ4v) is 5.83. The Morgan fingerprint density at radius 1 is 0.694 bits per heavy atom. The maximum atomic E-state index is 12.6. The monoisotopic (exact) mass is 847 g/mol. The van der Waals surface area contributed by atoms with Gasteiger partial charge in [0.1, 0.15) is 0 Å². The molecule has 261 valence electrons. The molecular formula is C41H44F4IrN3-. The van der Waals surface area contributed by atoms with Crippen molar-refractivity contribution in [1.82, 2.24) is 4.98 Å². The van der Waals surface area contributed by atoms with E-state index >= 15 is 0 Å². The van der Waals surface area contributed by atoms with E-state index in [0.717, 1.165) is 44.5 Å². The molecule has 5 aromatic rings. The van der Waals surface area contributed by atoms with Crippen molar-refractivity contribution < 1.29 is 37.7 Å². The molecular weight excluding hydrogens is 803 g/mol. The second-order valence-electron chi connectivity index (χ2n) is 11.7. The normalized spacial score (nSPS) is 11.6. The zero-order valence-corrected chi connectivity index (χ0v) is 31.3. The summed E-state index contributed by atoms with van der Waals surface area (Å²) in [5.74, 6) is -0.224. The zero-order chi connectivity index (χ0) is 34.8. The van der Waals surface area contributed by atoms with Crippen molar-refractivity contribution in [3.05, 3.63) is 149 Å². The summed E-state index contributed by atoms with van der Waals surface area (Å²) in [6.07, 6.45) is -3.66. The Hall–Kier alpha value is -4.00. The number of halogens is 4. The number of hydrogen-bond acceptors (Lipinski definition) is 3. The Kier molecular flexibility index (Phi) is 14.6.